The number of carbonyl (C=O) groups is 1. The molecular weight excluding hydrogens is 305 g/mol. The number of benzene rings is 1. The van der Waals surface area contributed by atoms with E-state index in [1.807, 2.05) is 0 Å². The summed E-state index contributed by atoms with van der Waals surface area (Å²) in [7, 11) is 1.44. The third-order valence-electron chi connectivity index (χ3n) is 2.40. The first kappa shape index (κ1) is 14.4. The zero-order chi connectivity index (χ0) is 14.7. The first-order chi connectivity index (χ1) is 9.51. The molecule has 1 heterocycles. The van der Waals surface area contributed by atoms with Crippen molar-refractivity contribution in [2.45, 2.75) is 0 Å². The lowest BCUT2D eigenvalue weighted by atomic mass is 10.2. The normalized spacial score (nSPS) is 10.2. The molecule has 2 rings (SSSR count). The summed E-state index contributed by atoms with van der Waals surface area (Å²) in [5, 5.41) is 9.71. The first-order valence-electron chi connectivity index (χ1n) is 5.41. The Labute approximate surface area is 124 Å². The second-order valence-corrected chi connectivity index (χ2v) is 4.55. The van der Waals surface area contributed by atoms with Gasteiger partial charge >= 0.3 is 5.97 Å². The number of hydrogen-bond donors (Lipinski definition) is 1. The van der Waals surface area contributed by atoms with Crippen LogP contribution >= 0.6 is 23.2 Å². The van der Waals surface area contributed by atoms with E-state index in [9.17, 15) is 4.79 Å². The van der Waals surface area contributed by atoms with Gasteiger partial charge in [0.1, 0.15) is 22.1 Å². The molecule has 0 bridgehead atoms. The molecule has 0 radical (unpaired) electrons. The number of aromatic carboxylic acids is 1. The predicted octanol–water partition coefficient (Wildman–Crippen LogP) is 3.89. The van der Waals surface area contributed by atoms with Crippen LogP contribution in [0.5, 0.6) is 17.4 Å². The Bertz CT molecular complexity index is 661. The van der Waals surface area contributed by atoms with Crippen LogP contribution in [0.1, 0.15) is 10.4 Å². The van der Waals surface area contributed by atoms with Gasteiger partial charge in [-0.15, -0.1) is 0 Å². The molecule has 0 atom stereocenters. The maximum atomic E-state index is 11.2. The Morgan fingerprint density at radius 2 is 2.05 bits per heavy atom. The van der Waals surface area contributed by atoms with Crippen molar-refractivity contribution < 1.29 is 19.4 Å². The molecule has 1 aromatic heterocycles. The molecule has 104 valence electrons. The Kier molecular flexibility index (Phi) is 4.32. The zero-order valence-electron chi connectivity index (χ0n) is 10.3. The molecule has 0 fully saturated rings. The van der Waals surface area contributed by atoms with E-state index in [2.05, 4.69) is 4.98 Å². The molecule has 0 amide bonds. The number of carboxylic acids is 1. The van der Waals surface area contributed by atoms with Crippen LogP contribution in [0.4, 0.5) is 0 Å². The predicted molar refractivity (Wildman–Crippen MR) is 74.3 cm³/mol. The molecule has 0 unspecified atom stereocenters. The van der Waals surface area contributed by atoms with E-state index in [1.54, 1.807) is 6.07 Å². The minimum Gasteiger partial charge on any atom is -0.497 e. The Hall–Kier alpha value is -1.98. The number of nitrogens with zero attached hydrogens (tertiary/aromatic N) is 1. The fraction of sp³-hybridized carbons (Fsp3) is 0.0769. The Morgan fingerprint density at radius 3 is 2.65 bits per heavy atom. The Morgan fingerprint density at radius 1 is 1.30 bits per heavy atom. The van der Waals surface area contributed by atoms with Crippen molar-refractivity contribution in [3.8, 4) is 17.4 Å². The Balaban J connectivity index is 2.40. The summed E-state index contributed by atoms with van der Waals surface area (Å²) in [6.07, 6.45) is 1.35. The van der Waals surface area contributed by atoms with Gasteiger partial charge in [0.15, 0.2) is 0 Å². The number of pyridine rings is 1. The number of rotatable bonds is 4. The van der Waals surface area contributed by atoms with E-state index < -0.39 is 5.97 Å². The number of hydrogen-bond acceptors (Lipinski definition) is 4. The van der Waals surface area contributed by atoms with Crippen LogP contribution in [0.3, 0.4) is 0 Å². The van der Waals surface area contributed by atoms with E-state index in [4.69, 9.17) is 37.8 Å². The van der Waals surface area contributed by atoms with Gasteiger partial charge in [0.25, 0.3) is 0 Å². The fourth-order valence-corrected chi connectivity index (χ4v) is 1.89. The lowest BCUT2D eigenvalue weighted by Gasteiger charge is -2.10. The molecule has 1 N–H and O–H groups in total. The second-order valence-electron chi connectivity index (χ2n) is 3.71. The van der Waals surface area contributed by atoms with E-state index >= 15 is 0 Å². The van der Waals surface area contributed by atoms with Crippen LogP contribution in [0, 0.1) is 0 Å². The molecule has 0 aliphatic carbocycles. The van der Waals surface area contributed by atoms with Gasteiger partial charge in [0.2, 0.25) is 5.88 Å². The summed E-state index contributed by atoms with van der Waals surface area (Å²) in [4.78, 5) is 15.1. The summed E-state index contributed by atoms with van der Waals surface area (Å²) in [5.74, 6) is -0.562. The van der Waals surface area contributed by atoms with Gasteiger partial charge in [0, 0.05) is 6.20 Å². The molecule has 0 aliphatic heterocycles. The van der Waals surface area contributed by atoms with Gasteiger partial charge < -0.3 is 14.6 Å². The number of halogens is 2. The summed E-state index contributed by atoms with van der Waals surface area (Å²) < 4.78 is 10.4. The molecule has 0 spiro atoms. The minimum atomic E-state index is -1.15. The highest BCUT2D eigenvalue weighted by Crippen LogP contribution is 2.32. The van der Waals surface area contributed by atoms with Crippen LogP contribution in [-0.4, -0.2) is 23.2 Å². The highest BCUT2D eigenvalue weighted by Gasteiger charge is 2.15. The summed E-state index contributed by atoms with van der Waals surface area (Å²) >= 11 is 11.7. The SMILES string of the molecule is COc1ccc(Oc2ncc(Cl)cc2Cl)c(C(=O)O)c1. The van der Waals surface area contributed by atoms with Gasteiger partial charge in [-0.1, -0.05) is 23.2 Å². The van der Waals surface area contributed by atoms with Crippen molar-refractivity contribution >= 4 is 29.2 Å². The van der Waals surface area contributed by atoms with Gasteiger partial charge in [0.05, 0.1) is 12.1 Å². The molecule has 0 aliphatic rings. The quantitative estimate of drug-likeness (QED) is 0.927. The van der Waals surface area contributed by atoms with Crippen molar-refractivity contribution in [2.75, 3.05) is 7.11 Å². The average molecular weight is 314 g/mol. The largest absolute Gasteiger partial charge is 0.497 e. The summed E-state index contributed by atoms with van der Waals surface area (Å²) in [5.41, 5.74) is -0.0582. The number of carboxylic acid groups (broad SMARTS) is 1. The van der Waals surface area contributed by atoms with E-state index in [0.29, 0.717) is 10.8 Å². The molecule has 0 saturated carbocycles. The molecule has 7 heteroatoms. The van der Waals surface area contributed by atoms with Crippen LogP contribution in [0.25, 0.3) is 0 Å². The van der Waals surface area contributed by atoms with Crippen LogP contribution in [0.15, 0.2) is 30.5 Å². The highest BCUT2D eigenvalue weighted by molar-refractivity contribution is 6.35. The molecule has 1 aromatic carbocycles. The lowest BCUT2D eigenvalue weighted by Crippen LogP contribution is -2.01. The maximum absolute atomic E-state index is 11.2. The number of methoxy groups -OCH3 is 1. The average Bonchev–Trinajstić information content (AvgIpc) is 2.42. The number of ether oxygens (including phenoxy) is 2. The number of aromatic nitrogens is 1. The molecule has 2 aromatic rings. The van der Waals surface area contributed by atoms with E-state index in [-0.39, 0.29) is 22.2 Å². The third-order valence-corrected chi connectivity index (χ3v) is 2.88. The van der Waals surface area contributed by atoms with Crippen molar-refractivity contribution in [3.63, 3.8) is 0 Å². The van der Waals surface area contributed by atoms with Crippen LogP contribution in [0.2, 0.25) is 10.0 Å². The second kappa shape index (κ2) is 5.98. The summed E-state index contributed by atoms with van der Waals surface area (Å²) in [6, 6.07) is 5.84. The minimum absolute atomic E-state index is 0.0582. The third kappa shape index (κ3) is 3.12. The van der Waals surface area contributed by atoms with Crippen molar-refractivity contribution in [3.05, 3.63) is 46.1 Å². The van der Waals surface area contributed by atoms with Gasteiger partial charge in [-0.25, -0.2) is 9.78 Å². The van der Waals surface area contributed by atoms with Gasteiger partial charge in [-0.05, 0) is 24.3 Å². The monoisotopic (exact) mass is 313 g/mol. The highest BCUT2D eigenvalue weighted by atomic mass is 35.5. The van der Waals surface area contributed by atoms with E-state index in [1.165, 1.54) is 31.5 Å². The zero-order valence-corrected chi connectivity index (χ0v) is 11.8. The van der Waals surface area contributed by atoms with Gasteiger partial charge in [-0.2, -0.15) is 0 Å². The van der Waals surface area contributed by atoms with Crippen LogP contribution < -0.4 is 9.47 Å². The standard InChI is InChI=1S/C13H9Cl2NO4/c1-19-8-2-3-11(9(5-8)13(17)18)20-12-10(15)4-7(14)6-16-12/h2-6H,1H3,(H,17,18). The molecule has 5 nitrogen and oxygen atoms in total. The van der Waals surface area contributed by atoms with Crippen molar-refractivity contribution in [2.24, 2.45) is 0 Å². The molecule has 20 heavy (non-hydrogen) atoms. The fourth-order valence-electron chi connectivity index (χ4n) is 1.47. The summed E-state index contributed by atoms with van der Waals surface area (Å²) in [6.45, 7) is 0. The van der Waals surface area contributed by atoms with Crippen molar-refractivity contribution in [1.29, 1.82) is 0 Å². The maximum Gasteiger partial charge on any atom is 0.339 e. The van der Waals surface area contributed by atoms with Crippen LogP contribution in [-0.2, 0) is 0 Å². The smallest absolute Gasteiger partial charge is 0.339 e. The molecular formula is C13H9Cl2NO4. The first-order valence-corrected chi connectivity index (χ1v) is 6.17. The topological polar surface area (TPSA) is 68.7 Å². The lowest BCUT2D eigenvalue weighted by molar-refractivity contribution is 0.0693. The van der Waals surface area contributed by atoms with E-state index in [0.717, 1.165) is 0 Å². The van der Waals surface area contributed by atoms with Gasteiger partial charge in [-0.3, -0.25) is 0 Å². The van der Waals surface area contributed by atoms with Crippen molar-refractivity contribution in [1.82, 2.24) is 4.98 Å². The molecule has 0 saturated heterocycles.